The van der Waals surface area contributed by atoms with Crippen molar-refractivity contribution in [3.8, 4) is 0 Å². The largest absolute Gasteiger partial charge is 0.352 e. The monoisotopic (exact) mass is 1630 g/mol. The molecule has 3 aromatic heterocycles. The number of hydrogen-bond donors (Lipinski definition) is 1. The van der Waals surface area contributed by atoms with E-state index in [-0.39, 0.29) is 11.7 Å². The van der Waals surface area contributed by atoms with Gasteiger partial charge in [-0.2, -0.15) is 0 Å². The fourth-order valence-corrected chi connectivity index (χ4v) is 17.2. The summed E-state index contributed by atoms with van der Waals surface area (Å²) >= 11 is 0. The number of nitrogens with zero attached hydrogens (tertiary/aromatic N) is 6. The van der Waals surface area contributed by atoms with E-state index >= 15 is 0 Å². The molecule has 3 aliphatic heterocycles. The molecule has 4 aliphatic rings. The Morgan fingerprint density at radius 1 is 0.352 bits per heavy atom. The Hall–Kier alpha value is -10.8. The number of hydrogen-bond acceptors (Lipinski definition) is 7. The first-order valence-electron chi connectivity index (χ1n) is 45.8. The number of carbonyl (C=O) groups excluding carboxylic acids is 2. The molecule has 16 rings (SSSR count). The molecule has 122 heavy (non-hydrogen) atoms. The van der Waals surface area contributed by atoms with Crippen molar-refractivity contribution in [3.05, 3.63) is 413 Å². The van der Waals surface area contributed by atoms with Crippen LogP contribution >= 0.6 is 0 Å². The summed E-state index contributed by atoms with van der Waals surface area (Å²) in [6.45, 7) is 25.9. The highest BCUT2D eigenvalue weighted by molar-refractivity contribution is 5.77. The van der Waals surface area contributed by atoms with Gasteiger partial charge in [-0.25, -0.2) is 4.39 Å². The molecule has 10 heteroatoms. The number of likely N-dealkylation sites (tertiary alicyclic amines) is 3. The minimum atomic E-state index is -0.174. The Morgan fingerprint density at radius 2 is 0.730 bits per heavy atom. The topological polar surface area (TPSA) is 94.6 Å². The average molecular weight is 1630 g/mol. The summed E-state index contributed by atoms with van der Waals surface area (Å²) in [5, 5.41) is 3.02. The minimum Gasteiger partial charge on any atom is -0.352 e. The van der Waals surface area contributed by atoms with E-state index in [4.69, 9.17) is 0 Å². The van der Waals surface area contributed by atoms with Gasteiger partial charge in [-0.1, -0.05) is 335 Å². The number of carbonyl (C=O) groups is 2. The molecule has 0 radical (unpaired) electrons. The Bertz CT molecular complexity index is 4450. The molecule has 1 aliphatic carbocycles. The zero-order valence-electron chi connectivity index (χ0n) is 74.5. The van der Waals surface area contributed by atoms with Gasteiger partial charge in [0.1, 0.15) is 5.82 Å². The molecule has 9 aromatic carbocycles. The first-order valence-corrected chi connectivity index (χ1v) is 45.8. The van der Waals surface area contributed by atoms with Crippen LogP contribution in [0.15, 0.2) is 340 Å². The molecule has 6 heterocycles. The van der Waals surface area contributed by atoms with Gasteiger partial charge in [-0.3, -0.25) is 34.3 Å². The lowest BCUT2D eigenvalue weighted by molar-refractivity contribution is -0.135. The molecule has 4 fully saturated rings. The predicted octanol–water partition coefficient (Wildman–Crippen LogP) is 27.4. The van der Waals surface area contributed by atoms with Crippen molar-refractivity contribution in [2.24, 2.45) is 5.92 Å². The Morgan fingerprint density at radius 3 is 1.09 bits per heavy atom. The van der Waals surface area contributed by atoms with Crippen LogP contribution < -0.4 is 5.32 Å². The van der Waals surface area contributed by atoms with Crippen LogP contribution in [0.4, 0.5) is 4.39 Å². The summed E-state index contributed by atoms with van der Waals surface area (Å²) in [4.78, 5) is 43.2. The number of pyridine rings is 3. The first kappa shape index (κ1) is 95.1. The average Bonchev–Trinajstić information content (AvgIpc) is 1.49. The SMILES string of the molecule is CCC(CC(=O)N1CCC1)c1ccccc1.CCC(Cc1ccccc1)c1ccccc1.CCC(c1ccccc1)C1CCC1.CCC(c1ccccc1)N1CCC(NC(C)=O)C1.CCC(c1ccccc1)N1CCC1.CCC(c1ccccc1)c1ccc(F)cc1.CCC(c1ccccc1)c1ccccn1.CCC(c1ccccn1)c1ccccn1. The summed E-state index contributed by atoms with van der Waals surface area (Å²) in [6.07, 6.45) is 24.3. The fraction of sp³-hybridized carbons (Fsp3) is 0.366. The quantitative estimate of drug-likeness (QED) is 0.0548. The maximum atomic E-state index is 12.9. The number of rotatable bonds is 27. The van der Waals surface area contributed by atoms with Gasteiger partial charge >= 0.3 is 0 Å². The Kier molecular flexibility index (Phi) is 42.5. The van der Waals surface area contributed by atoms with Gasteiger partial charge in [0.15, 0.2) is 0 Å². The molecule has 0 spiro atoms. The number of aromatic nitrogens is 3. The van der Waals surface area contributed by atoms with Gasteiger partial charge in [0.25, 0.3) is 0 Å². The van der Waals surface area contributed by atoms with Crippen LogP contribution in [0.3, 0.4) is 0 Å². The maximum absolute atomic E-state index is 12.9. The summed E-state index contributed by atoms with van der Waals surface area (Å²) in [6, 6.07) is 112. The van der Waals surface area contributed by atoms with E-state index in [1.54, 1.807) is 12.5 Å². The van der Waals surface area contributed by atoms with Crippen LogP contribution in [-0.2, 0) is 16.0 Å². The lowest BCUT2D eigenvalue weighted by Gasteiger charge is -2.38. The van der Waals surface area contributed by atoms with E-state index in [9.17, 15) is 14.0 Å². The number of benzene rings is 9. The molecule has 9 nitrogen and oxygen atoms in total. The van der Waals surface area contributed by atoms with Crippen molar-refractivity contribution < 1.29 is 14.0 Å². The van der Waals surface area contributed by atoms with Gasteiger partial charge < -0.3 is 10.2 Å². The molecule has 1 saturated carbocycles. The van der Waals surface area contributed by atoms with E-state index in [0.29, 0.717) is 60.0 Å². The lowest BCUT2D eigenvalue weighted by Crippen LogP contribution is -2.42. The fourth-order valence-electron chi connectivity index (χ4n) is 17.2. The van der Waals surface area contributed by atoms with Crippen LogP contribution in [0.25, 0.3) is 0 Å². The molecular formula is C112H138FN7O2. The van der Waals surface area contributed by atoms with Crippen LogP contribution in [0.2, 0.25) is 0 Å². The van der Waals surface area contributed by atoms with Crippen molar-refractivity contribution in [1.29, 1.82) is 0 Å². The van der Waals surface area contributed by atoms with Crippen molar-refractivity contribution in [2.75, 3.05) is 39.3 Å². The molecule has 1 N–H and O–H groups in total. The number of halogens is 1. The summed E-state index contributed by atoms with van der Waals surface area (Å²) in [7, 11) is 0. The second-order valence-electron chi connectivity index (χ2n) is 32.5. The van der Waals surface area contributed by atoms with E-state index < -0.39 is 0 Å². The van der Waals surface area contributed by atoms with Crippen LogP contribution in [0.5, 0.6) is 0 Å². The normalized spacial score (nSPS) is 15.6. The van der Waals surface area contributed by atoms with Gasteiger partial charge in [-0.05, 0) is 225 Å². The van der Waals surface area contributed by atoms with Gasteiger partial charge in [0.05, 0.1) is 0 Å². The third-order valence-corrected chi connectivity index (χ3v) is 24.4. The maximum Gasteiger partial charge on any atom is 0.223 e. The summed E-state index contributed by atoms with van der Waals surface area (Å²) < 4.78 is 12.9. The molecule has 3 saturated heterocycles. The van der Waals surface area contributed by atoms with Crippen molar-refractivity contribution in [1.82, 2.24) is 35.0 Å². The standard InChI is InChI=1S/C16H18.C15H15F.C15H22N2O.C14H19NO.C14H15N.C13H14N2.C13H18.C12H17N/c1-2-15(16-11-7-4-8-12-16)13-14-9-5-3-6-10-14;1-2-15(12-6-4-3-5-7-12)13-8-10-14(16)11-9-13;1-3-15(13-7-5-4-6-8-13)17-10-9-14(11-17)16-12(2)18;1-2-12(13-7-4-3-5-8-13)11-14(16)15-9-6-10-15;1-2-13(12-8-4-3-5-9-12)14-10-6-7-11-15-14;1-2-11(12-7-3-5-9-14-12)13-8-4-6-10-15-13;1-2-13(12-9-6-10-12)11-7-4-3-5-8-11;1-2-12(13-9-6-10-13)11-7-4-3-5-8-11/h3-12,15H,2,13H2,1H3;3-11,15H,2H2,1H3;4-8,14-15H,3,9-11H2,1-2H3,(H,16,18);3-5,7-8,12H,2,6,9-11H2,1H3;3-11,13H,2H2,1H3;3-11H,2H2,1H3;3-5,7-8,12-13H,2,6,9-10H2,1H3;3-5,7-8,12H,2,6,9-10H2,1H3. The number of nitrogens with one attached hydrogen (secondary N) is 1. The van der Waals surface area contributed by atoms with E-state index in [1.165, 1.54) is 121 Å². The zero-order valence-corrected chi connectivity index (χ0v) is 74.5. The second kappa shape index (κ2) is 54.6. The molecular weight excluding hydrogens is 1490 g/mol. The number of amides is 2. The van der Waals surface area contributed by atoms with Gasteiger partial charge in [0, 0.05) is 111 Å². The van der Waals surface area contributed by atoms with Crippen LogP contribution in [0.1, 0.15) is 273 Å². The minimum absolute atomic E-state index is 0.0783. The van der Waals surface area contributed by atoms with Crippen molar-refractivity contribution >= 4 is 11.8 Å². The molecule has 8 unspecified atom stereocenters. The van der Waals surface area contributed by atoms with Gasteiger partial charge in [0.2, 0.25) is 11.8 Å². The Labute approximate surface area is 733 Å². The van der Waals surface area contributed by atoms with Crippen molar-refractivity contribution in [3.63, 3.8) is 0 Å². The van der Waals surface area contributed by atoms with Crippen LogP contribution in [-0.4, -0.2) is 86.8 Å². The second-order valence-corrected chi connectivity index (χ2v) is 32.5. The first-order chi connectivity index (χ1) is 59.9. The zero-order chi connectivity index (χ0) is 86.1. The van der Waals surface area contributed by atoms with Crippen molar-refractivity contribution in [2.45, 2.75) is 219 Å². The third kappa shape index (κ3) is 31.3. The van der Waals surface area contributed by atoms with Crippen LogP contribution in [0, 0.1) is 11.7 Å². The Balaban J connectivity index is 0.000000159. The molecule has 2 amide bonds. The summed E-state index contributed by atoms with van der Waals surface area (Å²) in [5.74, 6) is 4.16. The predicted molar refractivity (Wildman–Crippen MR) is 509 cm³/mol. The molecule has 640 valence electrons. The highest BCUT2D eigenvalue weighted by Crippen LogP contribution is 2.41. The molecule has 0 bridgehead atoms. The highest BCUT2D eigenvalue weighted by atomic mass is 19.1. The third-order valence-electron chi connectivity index (χ3n) is 24.4. The van der Waals surface area contributed by atoms with E-state index in [1.807, 2.05) is 108 Å². The highest BCUT2D eigenvalue weighted by Gasteiger charge is 2.30. The smallest absolute Gasteiger partial charge is 0.223 e. The van der Waals surface area contributed by atoms with E-state index in [2.05, 4.69) is 310 Å². The molecule has 12 aromatic rings. The summed E-state index contributed by atoms with van der Waals surface area (Å²) in [5.41, 5.74) is 15.7. The van der Waals surface area contributed by atoms with E-state index in [0.717, 1.165) is 100 Å². The van der Waals surface area contributed by atoms with Gasteiger partial charge in [-0.15, -0.1) is 0 Å². The molecule has 8 atom stereocenters. The lowest BCUT2D eigenvalue weighted by atomic mass is 9.72.